The number of hydrogen-bond donors (Lipinski definition) is 1. The molecule has 0 saturated heterocycles. The van der Waals surface area contributed by atoms with E-state index in [0.717, 1.165) is 6.42 Å². The van der Waals surface area contributed by atoms with Gasteiger partial charge in [-0.1, -0.05) is 19.4 Å². The van der Waals surface area contributed by atoms with Crippen molar-refractivity contribution in [2.24, 2.45) is 5.73 Å². The van der Waals surface area contributed by atoms with Crippen molar-refractivity contribution in [3.05, 3.63) is 23.8 Å². The second-order valence-electron chi connectivity index (χ2n) is 9.25. The SMILES string of the molecule is CCCCC(=O)O[C@@H](C)CC(N)(Cc1ccc(OC(=O)OC(C)C)c(OC(=O)OC(C)C)c1)C(=O)OC. The maximum absolute atomic E-state index is 12.7. The molecule has 0 amide bonds. The molecule has 0 aliphatic carbocycles. The van der Waals surface area contributed by atoms with Crippen LogP contribution in [0.4, 0.5) is 9.59 Å². The first-order chi connectivity index (χ1) is 17.3. The monoisotopic (exact) mass is 525 g/mol. The number of carbonyl (C=O) groups excluding carboxylic acids is 4. The summed E-state index contributed by atoms with van der Waals surface area (Å²) < 4.78 is 30.7. The van der Waals surface area contributed by atoms with E-state index < -0.39 is 42.1 Å². The topological polar surface area (TPSA) is 150 Å². The van der Waals surface area contributed by atoms with E-state index in [1.165, 1.54) is 19.2 Å². The summed E-state index contributed by atoms with van der Waals surface area (Å²) >= 11 is 0. The van der Waals surface area contributed by atoms with Crippen LogP contribution in [-0.4, -0.2) is 55.2 Å². The van der Waals surface area contributed by atoms with E-state index in [1.54, 1.807) is 40.7 Å². The van der Waals surface area contributed by atoms with Crippen molar-refractivity contribution < 1.29 is 47.6 Å². The molecule has 0 heterocycles. The van der Waals surface area contributed by atoms with Crippen LogP contribution in [0.5, 0.6) is 11.5 Å². The van der Waals surface area contributed by atoms with Crippen molar-refractivity contribution >= 4 is 24.2 Å². The highest BCUT2D eigenvalue weighted by atomic mass is 16.7. The molecule has 1 rings (SSSR count). The highest BCUT2D eigenvalue weighted by Gasteiger charge is 2.38. The second-order valence-corrected chi connectivity index (χ2v) is 9.25. The summed E-state index contributed by atoms with van der Waals surface area (Å²) in [5, 5.41) is 0. The van der Waals surface area contributed by atoms with Crippen LogP contribution in [0.2, 0.25) is 0 Å². The van der Waals surface area contributed by atoms with E-state index in [2.05, 4.69) is 0 Å². The first kappa shape index (κ1) is 31.7. The summed E-state index contributed by atoms with van der Waals surface area (Å²) in [5.74, 6) is -1.34. The Morgan fingerprint density at radius 1 is 0.892 bits per heavy atom. The molecule has 2 N–H and O–H groups in total. The van der Waals surface area contributed by atoms with E-state index in [0.29, 0.717) is 12.0 Å². The predicted octanol–water partition coefficient (Wildman–Crippen LogP) is 4.46. The van der Waals surface area contributed by atoms with Crippen molar-refractivity contribution in [3.8, 4) is 11.5 Å². The van der Waals surface area contributed by atoms with Gasteiger partial charge in [0.2, 0.25) is 0 Å². The number of esters is 2. The molecule has 208 valence electrons. The molecule has 0 aromatic heterocycles. The molecule has 0 fully saturated rings. The molecular weight excluding hydrogens is 486 g/mol. The van der Waals surface area contributed by atoms with Crippen LogP contribution in [0, 0.1) is 0 Å². The summed E-state index contributed by atoms with van der Waals surface area (Å²) in [6.07, 6.45) is -1.86. The van der Waals surface area contributed by atoms with Crippen LogP contribution in [-0.2, 0) is 35.0 Å². The third-order valence-corrected chi connectivity index (χ3v) is 4.89. The number of hydrogen-bond acceptors (Lipinski definition) is 11. The highest BCUT2D eigenvalue weighted by molar-refractivity contribution is 5.81. The van der Waals surface area contributed by atoms with Gasteiger partial charge in [-0.15, -0.1) is 0 Å². The average Bonchev–Trinajstić information content (AvgIpc) is 2.77. The van der Waals surface area contributed by atoms with Gasteiger partial charge in [0.05, 0.1) is 19.3 Å². The lowest BCUT2D eigenvalue weighted by Crippen LogP contribution is -2.53. The maximum atomic E-state index is 12.7. The van der Waals surface area contributed by atoms with Crippen molar-refractivity contribution in [1.82, 2.24) is 0 Å². The zero-order valence-corrected chi connectivity index (χ0v) is 22.7. The van der Waals surface area contributed by atoms with E-state index in [9.17, 15) is 19.2 Å². The zero-order chi connectivity index (χ0) is 28.2. The quantitative estimate of drug-likeness (QED) is 0.221. The third kappa shape index (κ3) is 11.5. The molecule has 0 aliphatic heterocycles. The number of nitrogens with two attached hydrogens (primary N) is 1. The summed E-state index contributed by atoms with van der Waals surface area (Å²) in [5.41, 5.74) is 5.33. The molecule has 0 spiro atoms. The van der Waals surface area contributed by atoms with Gasteiger partial charge < -0.3 is 34.2 Å². The second kappa shape index (κ2) is 15.0. The Morgan fingerprint density at radius 2 is 1.46 bits per heavy atom. The molecule has 1 unspecified atom stereocenters. The van der Waals surface area contributed by atoms with Gasteiger partial charge in [-0.25, -0.2) is 9.59 Å². The maximum Gasteiger partial charge on any atom is 0.514 e. The summed E-state index contributed by atoms with van der Waals surface area (Å²) in [7, 11) is 1.20. The zero-order valence-electron chi connectivity index (χ0n) is 22.7. The van der Waals surface area contributed by atoms with Crippen LogP contribution >= 0.6 is 0 Å². The fourth-order valence-corrected chi connectivity index (χ4v) is 3.39. The minimum absolute atomic E-state index is 0.0257. The predicted molar refractivity (Wildman–Crippen MR) is 133 cm³/mol. The first-order valence-electron chi connectivity index (χ1n) is 12.3. The van der Waals surface area contributed by atoms with E-state index in [1.807, 2.05) is 6.92 Å². The Hall–Kier alpha value is -3.34. The minimum Gasteiger partial charge on any atom is -0.468 e. The smallest absolute Gasteiger partial charge is 0.468 e. The van der Waals surface area contributed by atoms with Gasteiger partial charge in [-0.05, 0) is 58.7 Å². The number of methoxy groups -OCH3 is 1. The molecule has 1 aromatic carbocycles. The van der Waals surface area contributed by atoms with Crippen LogP contribution < -0.4 is 15.2 Å². The Morgan fingerprint density at radius 3 is 1.97 bits per heavy atom. The van der Waals surface area contributed by atoms with Crippen LogP contribution in [0.25, 0.3) is 0 Å². The molecule has 0 radical (unpaired) electrons. The number of benzene rings is 1. The number of rotatable bonds is 13. The lowest BCUT2D eigenvalue weighted by atomic mass is 9.86. The van der Waals surface area contributed by atoms with Crippen LogP contribution in [0.1, 0.15) is 72.8 Å². The summed E-state index contributed by atoms with van der Waals surface area (Å²) in [4.78, 5) is 48.8. The number of carbonyl (C=O) groups is 4. The van der Waals surface area contributed by atoms with E-state index in [4.69, 9.17) is 34.2 Å². The number of ether oxygens (including phenoxy) is 6. The third-order valence-electron chi connectivity index (χ3n) is 4.89. The average molecular weight is 526 g/mol. The number of unbranched alkanes of at least 4 members (excludes halogenated alkanes) is 1. The fraction of sp³-hybridized carbons (Fsp3) is 0.615. The van der Waals surface area contributed by atoms with Crippen molar-refractivity contribution in [2.45, 2.75) is 97.5 Å². The fourth-order valence-electron chi connectivity index (χ4n) is 3.39. The van der Waals surface area contributed by atoms with Gasteiger partial charge in [0, 0.05) is 19.3 Å². The first-order valence-corrected chi connectivity index (χ1v) is 12.3. The van der Waals surface area contributed by atoms with Gasteiger partial charge in [-0.3, -0.25) is 9.59 Å². The minimum atomic E-state index is -1.58. The molecule has 37 heavy (non-hydrogen) atoms. The van der Waals surface area contributed by atoms with Gasteiger partial charge in [0.25, 0.3) is 0 Å². The van der Waals surface area contributed by atoms with Gasteiger partial charge in [0.1, 0.15) is 11.6 Å². The Balaban J connectivity index is 3.21. The highest BCUT2D eigenvalue weighted by Crippen LogP contribution is 2.32. The molecule has 1 aromatic rings. The largest absolute Gasteiger partial charge is 0.514 e. The lowest BCUT2D eigenvalue weighted by Gasteiger charge is -2.29. The molecule has 0 aliphatic rings. The summed E-state index contributed by atoms with van der Waals surface area (Å²) in [6.45, 7) is 10.2. The van der Waals surface area contributed by atoms with E-state index >= 15 is 0 Å². The molecule has 11 heteroatoms. The molecule has 0 saturated carbocycles. The Bertz CT molecular complexity index is 930. The van der Waals surface area contributed by atoms with E-state index in [-0.39, 0.29) is 36.7 Å². The van der Waals surface area contributed by atoms with Crippen molar-refractivity contribution in [2.75, 3.05) is 7.11 Å². The lowest BCUT2D eigenvalue weighted by molar-refractivity contribution is -0.155. The Labute approximate surface area is 217 Å². The standard InChI is InChI=1S/C26H39NO10/c1-8-9-10-22(28)35-18(6)14-26(27,23(29)32-7)15-19-11-12-20(36-24(30)33-16(2)3)21(13-19)37-25(31)34-17(4)5/h11-13,16-18H,8-10,14-15,27H2,1-7H3/t18-,26?/m0/s1. The molecule has 11 nitrogen and oxygen atoms in total. The van der Waals surface area contributed by atoms with Gasteiger partial charge in [-0.2, -0.15) is 0 Å². The van der Waals surface area contributed by atoms with Gasteiger partial charge >= 0.3 is 24.2 Å². The normalized spacial score (nSPS) is 13.4. The van der Waals surface area contributed by atoms with Gasteiger partial charge in [0.15, 0.2) is 11.5 Å². The van der Waals surface area contributed by atoms with Crippen LogP contribution in [0.3, 0.4) is 0 Å². The molecular formula is C26H39NO10. The summed E-state index contributed by atoms with van der Waals surface area (Å²) in [6, 6.07) is 4.31. The van der Waals surface area contributed by atoms with Crippen LogP contribution in [0.15, 0.2) is 18.2 Å². The Kier molecular flexibility index (Phi) is 12.9. The molecule has 2 atom stereocenters. The van der Waals surface area contributed by atoms with Crippen molar-refractivity contribution in [1.29, 1.82) is 0 Å². The van der Waals surface area contributed by atoms with Crippen molar-refractivity contribution in [3.63, 3.8) is 0 Å². The molecule has 0 bridgehead atoms.